The molecule has 0 saturated carbocycles. The number of phosphoric acid groups is 1. The van der Waals surface area contributed by atoms with Crippen LogP contribution in [0.15, 0.2) is 12.2 Å². The van der Waals surface area contributed by atoms with Crippen LogP contribution in [0.2, 0.25) is 0 Å². The van der Waals surface area contributed by atoms with Gasteiger partial charge in [0.05, 0.1) is 6.61 Å². The van der Waals surface area contributed by atoms with Gasteiger partial charge in [0.2, 0.25) is 0 Å². The van der Waals surface area contributed by atoms with Gasteiger partial charge in [0.25, 0.3) is 0 Å². The van der Waals surface area contributed by atoms with Crippen molar-refractivity contribution >= 4 is 19.8 Å². The van der Waals surface area contributed by atoms with Crippen LogP contribution in [0, 0.1) is 0 Å². The molecular formula is C32H61O8P. The van der Waals surface area contributed by atoms with Gasteiger partial charge in [-0.05, 0) is 38.5 Å². The zero-order valence-corrected chi connectivity index (χ0v) is 27.1. The first-order valence-corrected chi connectivity index (χ1v) is 18.0. The fourth-order valence-electron chi connectivity index (χ4n) is 4.52. The molecule has 9 heteroatoms. The molecule has 0 fully saturated rings. The third-order valence-electron chi connectivity index (χ3n) is 7.03. The minimum Gasteiger partial charge on any atom is -0.462 e. The first-order valence-electron chi connectivity index (χ1n) is 16.5. The summed E-state index contributed by atoms with van der Waals surface area (Å²) in [5.41, 5.74) is 0. The highest BCUT2D eigenvalue weighted by molar-refractivity contribution is 7.46. The Labute approximate surface area is 250 Å². The molecule has 0 aromatic carbocycles. The fourth-order valence-corrected chi connectivity index (χ4v) is 4.88. The van der Waals surface area contributed by atoms with Crippen molar-refractivity contribution in [2.45, 2.75) is 168 Å². The van der Waals surface area contributed by atoms with Crippen molar-refractivity contribution in [3.63, 3.8) is 0 Å². The number of hydrogen-bond donors (Lipinski definition) is 2. The second-order valence-electron chi connectivity index (χ2n) is 11.1. The molecule has 0 bridgehead atoms. The monoisotopic (exact) mass is 604 g/mol. The summed E-state index contributed by atoms with van der Waals surface area (Å²) in [6.45, 7) is 3.39. The lowest BCUT2D eigenvalue weighted by molar-refractivity contribution is -0.161. The minimum absolute atomic E-state index is 0.211. The summed E-state index contributed by atoms with van der Waals surface area (Å²) < 4.78 is 25.8. The van der Waals surface area contributed by atoms with E-state index in [0.717, 1.165) is 25.7 Å². The van der Waals surface area contributed by atoms with Crippen molar-refractivity contribution in [2.75, 3.05) is 13.2 Å². The van der Waals surface area contributed by atoms with E-state index >= 15 is 0 Å². The van der Waals surface area contributed by atoms with Gasteiger partial charge in [-0.3, -0.25) is 14.1 Å². The molecular weight excluding hydrogens is 543 g/mol. The molecule has 0 saturated heterocycles. The molecule has 0 radical (unpaired) electrons. The van der Waals surface area contributed by atoms with Crippen molar-refractivity contribution in [1.29, 1.82) is 0 Å². The highest BCUT2D eigenvalue weighted by Gasteiger charge is 2.22. The topological polar surface area (TPSA) is 119 Å². The second-order valence-corrected chi connectivity index (χ2v) is 12.4. The van der Waals surface area contributed by atoms with E-state index in [0.29, 0.717) is 12.8 Å². The summed E-state index contributed by atoms with van der Waals surface area (Å²) in [5.74, 6) is -0.925. The van der Waals surface area contributed by atoms with Crippen LogP contribution in [-0.4, -0.2) is 41.0 Å². The number of carbonyl (C=O) groups is 2. The molecule has 242 valence electrons. The summed E-state index contributed by atoms with van der Waals surface area (Å²) in [6, 6.07) is 0. The maximum atomic E-state index is 12.2. The number of rotatable bonds is 30. The quantitative estimate of drug-likeness (QED) is 0.0360. The Kier molecular flexibility index (Phi) is 28.0. The summed E-state index contributed by atoms with van der Waals surface area (Å²) >= 11 is 0. The molecule has 0 aromatic heterocycles. The highest BCUT2D eigenvalue weighted by Crippen LogP contribution is 2.35. The molecule has 0 aliphatic carbocycles. The van der Waals surface area contributed by atoms with Gasteiger partial charge in [-0.25, -0.2) is 4.57 Å². The van der Waals surface area contributed by atoms with Crippen molar-refractivity contribution in [3.8, 4) is 0 Å². The van der Waals surface area contributed by atoms with Crippen LogP contribution in [0.4, 0.5) is 0 Å². The number of hydrogen-bond acceptors (Lipinski definition) is 6. The van der Waals surface area contributed by atoms with Crippen LogP contribution in [0.3, 0.4) is 0 Å². The third-order valence-corrected chi connectivity index (χ3v) is 7.52. The standard InChI is InChI=1S/C32H61O8P/c1-3-5-7-8-9-10-11-12-13-14-15-16-17-18-19-20-21-22-23-24-25-27-32(34)40-30(29-39-41(35,36)37)28-38-31(33)26-6-4-2/h14-15,30H,3-13,16-29H2,1-2H3,(H2,35,36,37)/b15-14-. The van der Waals surface area contributed by atoms with Gasteiger partial charge in [-0.15, -0.1) is 0 Å². The van der Waals surface area contributed by atoms with Crippen LogP contribution in [0.5, 0.6) is 0 Å². The van der Waals surface area contributed by atoms with Gasteiger partial charge >= 0.3 is 19.8 Å². The minimum atomic E-state index is -4.72. The van der Waals surface area contributed by atoms with Crippen molar-refractivity contribution in [1.82, 2.24) is 0 Å². The molecule has 0 spiro atoms. The van der Waals surface area contributed by atoms with Crippen LogP contribution < -0.4 is 0 Å². The maximum Gasteiger partial charge on any atom is 0.469 e. The van der Waals surface area contributed by atoms with Crippen LogP contribution >= 0.6 is 7.82 Å². The molecule has 8 nitrogen and oxygen atoms in total. The average Bonchev–Trinajstić information content (AvgIpc) is 2.93. The van der Waals surface area contributed by atoms with Gasteiger partial charge in [-0.2, -0.15) is 0 Å². The Morgan fingerprint density at radius 1 is 0.610 bits per heavy atom. The molecule has 0 heterocycles. The largest absolute Gasteiger partial charge is 0.469 e. The predicted octanol–water partition coefficient (Wildman–Crippen LogP) is 9.12. The second kappa shape index (κ2) is 28.9. The number of ether oxygens (including phenoxy) is 2. The Morgan fingerprint density at radius 3 is 1.54 bits per heavy atom. The van der Waals surface area contributed by atoms with Crippen LogP contribution in [0.1, 0.15) is 162 Å². The first-order chi connectivity index (χ1) is 19.8. The molecule has 41 heavy (non-hydrogen) atoms. The molecule has 0 aliphatic heterocycles. The fraction of sp³-hybridized carbons (Fsp3) is 0.875. The van der Waals surface area contributed by atoms with Crippen molar-refractivity contribution in [3.05, 3.63) is 12.2 Å². The molecule has 0 rings (SSSR count). The van der Waals surface area contributed by atoms with E-state index in [1.165, 1.54) is 96.3 Å². The summed E-state index contributed by atoms with van der Waals surface area (Å²) in [6.07, 6.45) is 29.2. The Bertz CT molecular complexity index is 691. The van der Waals surface area contributed by atoms with Crippen LogP contribution in [-0.2, 0) is 28.2 Å². The normalized spacial score (nSPS) is 12.6. The van der Waals surface area contributed by atoms with Gasteiger partial charge in [0, 0.05) is 12.8 Å². The van der Waals surface area contributed by atoms with E-state index in [1.54, 1.807) is 0 Å². The van der Waals surface area contributed by atoms with Gasteiger partial charge in [0.1, 0.15) is 6.61 Å². The number of phosphoric ester groups is 1. The van der Waals surface area contributed by atoms with Crippen molar-refractivity contribution < 1.29 is 37.9 Å². The smallest absolute Gasteiger partial charge is 0.462 e. The maximum absolute atomic E-state index is 12.2. The summed E-state index contributed by atoms with van der Waals surface area (Å²) in [7, 11) is -4.72. The summed E-state index contributed by atoms with van der Waals surface area (Å²) in [4.78, 5) is 41.7. The number of carbonyl (C=O) groups excluding carboxylic acids is 2. The molecule has 1 atom stereocenters. The predicted molar refractivity (Wildman–Crippen MR) is 166 cm³/mol. The van der Waals surface area contributed by atoms with Gasteiger partial charge in [0.15, 0.2) is 6.10 Å². The van der Waals surface area contributed by atoms with E-state index in [9.17, 15) is 14.2 Å². The third kappa shape index (κ3) is 31.6. The molecule has 0 aliphatic rings. The number of unbranched alkanes of at least 4 members (excludes halogenated alkanes) is 18. The van der Waals surface area contributed by atoms with E-state index < -0.39 is 32.5 Å². The molecule has 0 aromatic rings. The van der Waals surface area contributed by atoms with E-state index in [4.69, 9.17) is 19.3 Å². The molecule has 0 amide bonds. The zero-order valence-electron chi connectivity index (χ0n) is 26.2. The lowest BCUT2D eigenvalue weighted by Gasteiger charge is -2.18. The molecule has 2 N–H and O–H groups in total. The Balaban J connectivity index is 3.71. The van der Waals surface area contributed by atoms with Crippen molar-refractivity contribution in [2.24, 2.45) is 0 Å². The van der Waals surface area contributed by atoms with Crippen LogP contribution in [0.25, 0.3) is 0 Å². The lowest BCUT2D eigenvalue weighted by Crippen LogP contribution is -2.29. The average molecular weight is 605 g/mol. The Hall–Kier alpha value is -1.21. The zero-order chi connectivity index (χ0) is 30.4. The van der Waals surface area contributed by atoms with E-state index in [-0.39, 0.29) is 19.4 Å². The Morgan fingerprint density at radius 2 is 1.05 bits per heavy atom. The highest BCUT2D eigenvalue weighted by atomic mass is 31.2. The number of esters is 2. The lowest BCUT2D eigenvalue weighted by atomic mass is 10.1. The van der Waals surface area contributed by atoms with E-state index in [1.807, 2.05) is 6.92 Å². The van der Waals surface area contributed by atoms with E-state index in [2.05, 4.69) is 23.6 Å². The summed E-state index contributed by atoms with van der Waals surface area (Å²) in [5, 5.41) is 0. The van der Waals surface area contributed by atoms with Gasteiger partial charge < -0.3 is 19.3 Å². The number of allylic oxidation sites excluding steroid dienone is 2. The first kappa shape index (κ1) is 39.8. The van der Waals surface area contributed by atoms with Gasteiger partial charge in [-0.1, -0.05) is 122 Å². The molecule has 1 unspecified atom stereocenters. The SMILES string of the molecule is CCCCCCCCCC/C=C\CCCCCCCCCCCC(=O)OC(COC(=O)CCCC)COP(=O)(O)O.